The molecule has 0 spiro atoms. The SMILES string of the molecule is CCCCOCC(O)C[N+]1(Cc2ccccc2)CCOCC1. The first kappa shape index (κ1) is 17.4. The van der Waals surface area contributed by atoms with E-state index in [2.05, 4.69) is 31.2 Å². The Balaban J connectivity index is 1.90. The van der Waals surface area contributed by atoms with E-state index < -0.39 is 6.10 Å². The van der Waals surface area contributed by atoms with E-state index in [1.807, 2.05) is 6.07 Å². The van der Waals surface area contributed by atoms with Gasteiger partial charge in [0.15, 0.2) is 0 Å². The molecule has 1 unspecified atom stereocenters. The van der Waals surface area contributed by atoms with Crippen LogP contribution in [0.15, 0.2) is 30.3 Å². The summed E-state index contributed by atoms with van der Waals surface area (Å²) in [7, 11) is 0. The lowest BCUT2D eigenvalue weighted by Crippen LogP contribution is -2.58. The standard InChI is InChI=1S/C18H30NO3/c1-2-3-11-22-16-18(20)15-19(9-12-21-13-10-19)14-17-7-5-4-6-8-17/h4-8,18,20H,2-3,9-16H2,1H3/q+1. The zero-order valence-corrected chi connectivity index (χ0v) is 13.7. The third-order valence-corrected chi connectivity index (χ3v) is 4.33. The van der Waals surface area contributed by atoms with Gasteiger partial charge in [-0.15, -0.1) is 0 Å². The second-order valence-electron chi connectivity index (χ2n) is 6.31. The van der Waals surface area contributed by atoms with Crippen LogP contribution in [-0.2, 0) is 16.0 Å². The fourth-order valence-corrected chi connectivity index (χ4v) is 3.07. The molecule has 1 saturated heterocycles. The van der Waals surface area contributed by atoms with Crippen molar-refractivity contribution in [2.45, 2.75) is 32.4 Å². The zero-order chi connectivity index (χ0) is 15.7. The van der Waals surface area contributed by atoms with Crippen LogP contribution in [-0.4, -0.2) is 61.8 Å². The van der Waals surface area contributed by atoms with Gasteiger partial charge in [0, 0.05) is 12.2 Å². The first-order valence-electron chi connectivity index (χ1n) is 8.47. The molecule has 124 valence electrons. The summed E-state index contributed by atoms with van der Waals surface area (Å²) in [4.78, 5) is 0. The van der Waals surface area contributed by atoms with E-state index in [-0.39, 0.29) is 0 Å². The minimum Gasteiger partial charge on any atom is -0.385 e. The molecule has 0 amide bonds. The fourth-order valence-electron chi connectivity index (χ4n) is 3.07. The van der Waals surface area contributed by atoms with Crippen molar-refractivity contribution in [2.24, 2.45) is 0 Å². The molecule has 0 radical (unpaired) electrons. The van der Waals surface area contributed by atoms with Crippen molar-refractivity contribution in [3.63, 3.8) is 0 Å². The number of nitrogens with zero attached hydrogens (tertiary/aromatic N) is 1. The fraction of sp³-hybridized carbons (Fsp3) is 0.667. The number of benzene rings is 1. The second-order valence-corrected chi connectivity index (χ2v) is 6.31. The van der Waals surface area contributed by atoms with Gasteiger partial charge in [0.1, 0.15) is 32.3 Å². The Morgan fingerprint density at radius 1 is 1.23 bits per heavy atom. The van der Waals surface area contributed by atoms with Gasteiger partial charge in [0.2, 0.25) is 0 Å². The average molecular weight is 308 g/mol. The molecule has 0 aromatic heterocycles. The quantitative estimate of drug-likeness (QED) is 0.561. The maximum atomic E-state index is 10.4. The van der Waals surface area contributed by atoms with Crippen LogP contribution in [0, 0.1) is 0 Å². The lowest BCUT2D eigenvalue weighted by Gasteiger charge is -2.42. The summed E-state index contributed by atoms with van der Waals surface area (Å²) < 4.78 is 12.0. The first-order chi connectivity index (χ1) is 10.7. The number of rotatable bonds is 9. The average Bonchev–Trinajstić information content (AvgIpc) is 2.53. The normalized spacial score (nSPS) is 19.0. The Morgan fingerprint density at radius 3 is 2.64 bits per heavy atom. The van der Waals surface area contributed by atoms with Crippen LogP contribution in [0.2, 0.25) is 0 Å². The van der Waals surface area contributed by atoms with Crippen LogP contribution in [0.5, 0.6) is 0 Å². The van der Waals surface area contributed by atoms with Crippen molar-refractivity contribution in [3.8, 4) is 0 Å². The largest absolute Gasteiger partial charge is 0.385 e. The molecular formula is C18H30NO3+. The van der Waals surface area contributed by atoms with Crippen molar-refractivity contribution in [1.82, 2.24) is 0 Å². The summed E-state index contributed by atoms with van der Waals surface area (Å²) in [5, 5.41) is 10.4. The number of hydrogen-bond acceptors (Lipinski definition) is 3. The molecule has 22 heavy (non-hydrogen) atoms. The summed E-state index contributed by atoms with van der Waals surface area (Å²) in [5.74, 6) is 0. The Bertz CT molecular complexity index is 404. The highest BCUT2D eigenvalue weighted by atomic mass is 16.5. The highest BCUT2D eigenvalue weighted by Gasteiger charge is 2.33. The van der Waals surface area contributed by atoms with Gasteiger partial charge >= 0.3 is 0 Å². The number of quaternary nitrogens is 1. The molecule has 1 aromatic rings. The van der Waals surface area contributed by atoms with Crippen molar-refractivity contribution >= 4 is 0 Å². The Kier molecular flexibility index (Phi) is 7.33. The first-order valence-corrected chi connectivity index (χ1v) is 8.47. The van der Waals surface area contributed by atoms with Crippen LogP contribution >= 0.6 is 0 Å². The van der Waals surface area contributed by atoms with Gasteiger partial charge in [0.05, 0.1) is 19.8 Å². The van der Waals surface area contributed by atoms with Crippen LogP contribution in [0.1, 0.15) is 25.3 Å². The van der Waals surface area contributed by atoms with Gasteiger partial charge in [-0.2, -0.15) is 0 Å². The number of aliphatic hydroxyl groups excluding tert-OH is 1. The van der Waals surface area contributed by atoms with Crippen molar-refractivity contribution in [2.75, 3.05) is 46.1 Å². The van der Waals surface area contributed by atoms with Crippen LogP contribution in [0.4, 0.5) is 0 Å². The number of hydrogen-bond donors (Lipinski definition) is 1. The highest BCUT2D eigenvalue weighted by Crippen LogP contribution is 2.18. The van der Waals surface area contributed by atoms with Gasteiger partial charge in [-0.05, 0) is 6.42 Å². The number of ether oxygens (including phenoxy) is 2. The highest BCUT2D eigenvalue weighted by molar-refractivity contribution is 5.13. The molecule has 0 bridgehead atoms. The summed E-state index contributed by atoms with van der Waals surface area (Å²) in [6.45, 7) is 8.49. The molecule has 1 heterocycles. The molecule has 1 aromatic carbocycles. The van der Waals surface area contributed by atoms with E-state index in [4.69, 9.17) is 9.47 Å². The van der Waals surface area contributed by atoms with Gasteiger partial charge in [-0.25, -0.2) is 0 Å². The topological polar surface area (TPSA) is 38.7 Å². The van der Waals surface area contributed by atoms with Crippen molar-refractivity contribution in [3.05, 3.63) is 35.9 Å². The summed E-state index contributed by atoms with van der Waals surface area (Å²) in [5.41, 5.74) is 1.32. The third-order valence-electron chi connectivity index (χ3n) is 4.33. The number of morpholine rings is 1. The maximum absolute atomic E-state index is 10.4. The summed E-state index contributed by atoms with van der Waals surface area (Å²) in [6, 6.07) is 10.5. The van der Waals surface area contributed by atoms with E-state index in [1.54, 1.807) is 0 Å². The summed E-state index contributed by atoms with van der Waals surface area (Å²) >= 11 is 0. The van der Waals surface area contributed by atoms with Crippen molar-refractivity contribution in [1.29, 1.82) is 0 Å². The molecule has 2 rings (SSSR count). The predicted molar refractivity (Wildman–Crippen MR) is 87.6 cm³/mol. The molecule has 0 aliphatic carbocycles. The maximum Gasteiger partial charge on any atom is 0.126 e. The minimum absolute atomic E-state index is 0.404. The van der Waals surface area contributed by atoms with E-state index in [1.165, 1.54) is 5.56 Å². The Labute approximate surface area is 134 Å². The van der Waals surface area contributed by atoms with Gasteiger partial charge in [0.25, 0.3) is 0 Å². The van der Waals surface area contributed by atoms with Crippen LogP contribution < -0.4 is 0 Å². The van der Waals surface area contributed by atoms with E-state index in [0.29, 0.717) is 6.61 Å². The molecular weight excluding hydrogens is 278 g/mol. The third kappa shape index (κ3) is 5.69. The lowest BCUT2D eigenvalue weighted by atomic mass is 10.1. The predicted octanol–water partition coefficient (Wildman–Crippen LogP) is 2.21. The van der Waals surface area contributed by atoms with E-state index in [9.17, 15) is 5.11 Å². The van der Waals surface area contributed by atoms with Gasteiger partial charge < -0.3 is 19.1 Å². The number of unbranched alkanes of at least 4 members (excludes halogenated alkanes) is 1. The molecule has 1 atom stereocenters. The second kappa shape index (κ2) is 9.26. The van der Waals surface area contributed by atoms with Crippen LogP contribution in [0.3, 0.4) is 0 Å². The molecule has 1 aliphatic rings. The zero-order valence-electron chi connectivity index (χ0n) is 13.7. The summed E-state index contributed by atoms with van der Waals surface area (Å²) in [6.07, 6.45) is 1.78. The smallest absolute Gasteiger partial charge is 0.126 e. The monoisotopic (exact) mass is 308 g/mol. The lowest BCUT2D eigenvalue weighted by molar-refractivity contribution is -0.950. The molecule has 4 nitrogen and oxygen atoms in total. The van der Waals surface area contributed by atoms with Gasteiger partial charge in [-0.3, -0.25) is 0 Å². The molecule has 0 saturated carbocycles. The Hall–Kier alpha value is -0.940. The molecule has 1 N–H and O–H groups in total. The molecule has 1 aliphatic heterocycles. The van der Waals surface area contributed by atoms with Crippen LogP contribution in [0.25, 0.3) is 0 Å². The van der Waals surface area contributed by atoms with Gasteiger partial charge in [-0.1, -0.05) is 43.7 Å². The molecule has 1 fully saturated rings. The van der Waals surface area contributed by atoms with Crippen molar-refractivity contribution < 1.29 is 19.1 Å². The molecule has 4 heteroatoms. The number of aliphatic hydroxyl groups is 1. The Morgan fingerprint density at radius 2 is 1.95 bits per heavy atom. The van der Waals surface area contributed by atoms with E-state index >= 15 is 0 Å². The minimum atomic E-state index is -0.404. The van der Waals surface area contributed by atoms with E-state index in [0.717, 1.165) is 63.3 Å².